The number of nitrogens with zero attached hydrogens (tertiary/aromatic N) is 5. The summed E-state index contributed by atoms with van der Waals surface area (Å²) in [6, 6.07) is 67.6. The molecule has 0 saturated carbocycles. The molecule has 12 rings (SSSR count). The summed E-state index contributed by atoms with van der Waals surface area (Å²) in [6.07, 6.45) is 5.15. The van der Waals surface area contributed by atoms with E-state index in [1.54, 1.807) is 54.6 Å². The lowest BCUT2D eigenvalue weighted by atomic mass is 10.1. The maximum atomic E-state index is 14.4. The summed E-state index contributed by atoms with van der Waals surface area (Å²) >= 11 is 0. The average molecular weight is 1640 g/mol. The Morgan fingerprint density at radius 1 is 0.223 bits per heavy atom. The van der Waals surface area contributed by atoms with Gasteiger partial charge in [-0.3, -0.25) is 0 Å². The van der Waals surface area contributed by atoms with Crippen molar-refractivity contribution >= 4 is 83.7 Å². The van der Waals surface area contributed by atoms with Crippen molar-refractivity contribution in [3.8, 4) is 57.5 Å². The lowest BCUT2D eigenvalue weighted by molar-refractivity contribution is 0.0709. The van der Waals surface area contributed by atoms with E-state index in [2.05, 4.69) is 86.8 Å². The van der Waals surface area contributed by atoms with Gasteiger partial charge in [0.05, 0.1) is 0 Å². The number of hydrogen-bond donors (Lipinski definition) is 0. The SMILES string of the molecule is CCCN(C)CCOc1cc2ccccc2cc1C(=O)Oc1ccc(OC(=O)c2cc3ccccc3cc2OCCN(CC)CCC)cc1.CCCN(CC)CCOc1cc2ccccc2cc1C(=O)Oc1cc(OC(=O)c2cc3ccccc3cc2OCCN(CC)CCC)cc(OC(=O)c2cc3ccccc3cc2OCCN(CC)CCC)c1. The fourth-order valence-corrected chi connectivity index (χ4v) is 14.5. The highest BCUT2D eigenvalue weighted by molar-refractivity contribution is 6.04. The van der Waals surface area contributed by atoms with Crippen LogP contribution < -0.4 is 47.4 Å². The van der Waals surface area contributed by atoms with Crippen LogP contribution in [0.3, 0.4) is 0 Å². The predicted molar refractivity (Wildman–Crippen MR) is 482 cm³/mol. The Hall–Kier alpha value is -11.9. The van der Waals surface area contributed by atoms with E-state index in [1.807, 2.05) is 159 Å². The van der Waals surface area contributed by atoms with Crippen molar-refractivity contribution in [3.05, 3.63) is 252 Å². The van der Waals surface area contributed by atoms with Crippen molar-refractivity contribution in [2.75, 3.05) is 132 Å². The van der Waals surface area contributed by atoms with Gasteiger partial charge < -0.3 is 71.9 Å². The van der Waals surface area contributed by atoms with E-state index in [9.17, 15) is 24.0 Å². The summed E-state index contributed by atoms with van der Waals surface area (Å²) in [7, 11) is 2.05. The second-order valence-electron chi connectivity index (χ2n) is 29.8. The van der Waals surface area contributed by atoms with Gasteiger partial charge in [-0.05, 0) is 237 Å². The van der Waals surface area contributed by atoms with Crippen LogP contribution in [0.15, 0.2) is 224 Å². The summed E-state index contributed by atoms with van der Waals surface area (Å²) in [5.74, 6) is -0.680. The summed E-state index contributed by atoms with van der Waals surface area (Å²) in [5, 5.41) is 8.92. The standard InChI is InChI=1S/C60H69N3O9.C41H46N2O6/c1-7-25-61(10-4)28-31-67-55-37-46-22-16-13-19-43(46)34-52(55)58(64)70-49-40-50(71-59(65)53-35-44-20-14-17-23-47(44)38-56(53)68-32-29-62(11-5)26-8-2)42-51(41-49)72-60(66)54-36-45-21-15-18-24-48(45)39-57(54)69-33-30-63(12-6)27-9-3;1-5-20-42(4)22-24-46-38-28-32-14-10-8-12-30(32)26-36(38)40(44)48-34-16-18-35(19-17-34)49-41(45)37-27-31-13-9-11-15-33(31)29-39(37)47-25-23-43(7-3)21-6-2/h13-24,34-42H,7-12,25-33H2,1-6H3;8-19,26-29H,5-7,20-25H2,1-4H3. The third-order valence-electron chi connectivity index (χ3n) is 21.0. The predicted octanol–water partition coefficient (Wildman–Crippen LogP) is 20.4. The number of carbonyl (C=O) groups excluding carboxylic acids is 5. The fraction of sp³-hybridized carbons (Fsp3) is 0.337. The highest BCUT2D eigenvalue weighted by Gasteiger charge is 2.26. The highest BCUT2D eigenvalue weighted by Crippen LogP contribution is 2.37. The summed E-state index contributed by atoms with van der Waals surface area (Å²) in [6.45, 7) is 32.9. The highest BCUT2D eigenvalue weighted by atomic mass is 16.6. The number of fused-ring (bicyclic) bond motifs is 5. The average Bonchev–Trinajstić information content (AvgIpc) is 0.811. The minimum atomic E-state index is -0.721. The first-order valence-electron chi connectivity index (χ1n) is 42.7. The van der Waals surface area contributed by atoms with Gasteiger partial charge in [0.2, 0.25) is 0 Å². The Labute approximate surface area is 711 Å². The Morgan fingerprint density at radius 3 is 0.612 bits per heavy atom. The molecule has 12 aromatic carbocycles. The minimum Gasteiger partial charge on any atom is -0.491 e. The molecule has 0 spiro atoms. The van der Waals surface area contributed by atoms with Crippen LogP contribution in [-0.4, -0.2) is 186 Å². The first-order valence-corrected chi connectivity index (χ1v) is 42.7. The van der Waals surface area contributed by atoms with Gasteiger partial charge in [0.25, 0.3) is 0 Å². The third kappa shape index (κ3) is 25.6. The molecule has 20 nitrogen and oxygen atoms in total. The molecule has 0 unspecified atom stereocenters. The second kappa shape index (κ2) is 46.0. The Balaban J connectivity index is 0.000000254. The number of esters is 5. The van der Waals surface area contributed by atoms with Gasteiger partial charge in [0.1, 0.15) is 118 Å². The topological polar surface area (TPSA) is 194 Å². The van der Waals surface area contributed by atoms with E-state index in [1.165, 1.54) is 18.2 Å². The van der Waals surface area contributed by atoms with Gasteiger partial charge in [-0.2, -0.15) is 0 Å². The van der Waals surface area contributed by atoms with E-state index in [4.69, 9.17) is 47.4 Å². The van der Waals surface area contributed by atoms with Crippen LogP contribution in [0.1, 0.15) is 146 Å². The van der Waals surface area contributed by atoms with E-state index >= 15 is 0 Å². The minimum absolute atomic E-state index is 0.0385. The Kier molecular flexibility index (Phi) is 34.2. The number of likely N-dealkylation sites (N-methyl/N-ethyl adjacent to an activating group) is 5. The molecule has 0 saturated heterocycles. The zero-order chi connectivity index (χ0) is 85.4. The maximum Gasteiger partial charge on any atom is 0.347 e. The lowest BCUT2D eigenvalue weighted by Crippen LogP contribution is -2.29. The largest absolute Gasteiger partial charge is 0.491 e. The van der Waals surface area contributed by atoms with Crippen LogP contribution in [0.2, 0.25) is 0 Å². The molecule has 0 amide bonds. The molecule has 0 N–H and O–H groups in total. The van der Waals surface area contributed by atoms with Gasteiger partial charge in [-0.15, -0.1) is 0 Å². The van der Waals surface area contributed by atoms with Crippen LogP contribution in [0.4, 0.5) is 0 Å². The molecule has 0 heterocycles. The molecule has 121 heavy (non-hydrogen) atoms. The number of rotatable bonds is 44. The maximum absolute atomic E-state index is 14.4. The fourth-order valence-electron chi connectivity index (χ4n) is 14.5. The summed E-state index contributed by atoms with van der Waals surface area (Å²) < 4.78 is 61.2. The van der Waals surface area contributed by atoms with E-state index in [-0.39, 0.29) is 33.9 Å². The van der Waals surface area contributed by atoms with Crippen LogP contribution in [0.5, 0.6) is 57.5 Å². The van der Waals surface area contributed by atoms with Crippen molar-refractivity contribution in [1.29, 1.82) is 0 Å². The van der Waals surface area contributed by atoms with Crippen LogP contribution >= 0.6 is 0 Å². The molecule has 0 aliphatic heterocycles. The lowest BCUT2D eigenvalue weighted by Gasteiger charge is -2.20. The molecule has 634 valence electrons. The van der Waals surface area contributed by atoms with Gasteiger partial charge in [-0.1, -0.05) is 184 Å². The van der Waals surface area contributed by atoms with Crippen molar-refractivity contribution in [2.24, 2.45) is 0 Å². The van der Waals surface area contributed by atoms with Gasteiger partial charge in [0.15, 0.2) is 0 Å². The van der Waals surface area contributed by atoms with Gasteiger partial charge in [0, 0.05) is 50.9 Å². The van der Waals surface area contributed by atoms with Crippen LogP contribution in [-0.2, 0) is 0 Å². The number of ether oxygens (including phenoxy) is 10. The molecule has 0 aliphatic carbocycles. The molecular weight excluding hydrogens is 1520 g/mol. The van der Waals surface area contributed by atoms with Crippen molar-refractivity contribution in [3.63, 3.8) is 0 Å². The normalized spacial score (nSPS) is 11.4. The third-order valence-corrected chi connectivity index (χ3v) is 21.0. The van der Waals surface area contributed by atoms with Crippen LogP contribution in [0, 0.1) is 0 Å². The molecule has 0 aliphatic rings. The molecule has 12 aromatic rings. The van der Waals surface area contributed by atoms with Crippen LogP contribution in [0.25, 0.3) is 53.9 Å². The molecule has 0 radical (unpaired) electrons. The first-order chi connectivity index (χ1) is 59.0. The van der Waals surface area contributed by atoms with E-state index in [0.717, 1.165) is 158 Å². The molecule has 0 aromatic heterocycles. The van der Waals surface area contributed by atoms with E-state index < -0.39 is 29.8 Å². The van der Waals surface area contributed by atoms with Crippen molar-refractivity contribution < 1.29 is 71.3 Å². The van der Waals surface area contributed by atoms with Crippen molar-refractivity contribution in [1.82, 2.24) is 24.5 Å². The summed E-state index contributed by atoms with van der Waals surface area (Å²) in [5.41, 5.74) is 1.28. The molecule has 0 fully saturated rings. The Bertz CT molecular complexity index is 5120. The molecule has 0 atom stereocenters. The quantitative estimate of drug-likeness (QED) is 0.0258. The second-order valence-corrected chi connectivity index (χ2v) is 29.8. The zero-order valence-electron chi connectivity index (χ0n) is 71.7. The van der Waals surface area contributed by atoms with Gasteiger partial charge >= 0.3 is 29.8 Å². The first kappa shape index (κ1) is 89.9. The molecule has 20 heteroatoms. The zero-order valence-corrected chi connectivity index (χ0v) is 71.7. The monoisotopic (exact) mass is 1640 g/mol. The smallest absolute Gasteiger partial charge is 0.347 e. The summed E-state index contributed by atoms with van der Waals surface area (Å²) in [4.78, 5) is 81.6. The number of benzene rings is 12. The Morgan fingerprint density at radius 2 is 0.413 bits per heavy atom. The van der Waals surface area contributed by atoms with Gasteiger partial charge in [-0.25, -0.2) is 24.0 Å². The molecule has 0 bridgehead atoms. The van der Waals surface area contributed by atoms with Crippen molar-refractivity contribution in [2.45, 2.75) is 94.4 Å². The number of carbonyl (C=O) groups is 5. The molecular formula is C101H115N5O15. The number of hydrogen-bond acceptors (Lipinski definition) is 20. The van der Waals surface area contributed by atoms with E-state index in [0.29, 0.717) is 104 Å².